The Morgan fingerprint density at radius 2 is 2.00 bits per heavy atom. The quantitative estimate of drug-likeness (QED) is 0.794. The number of rotatable bonds is 6. The van der Waals surface area contributed by atoms with Crippen LogP contribution in [0.5, 0.6) is 5.75 Å². The number of benzene rings is 1. The van der Waals surface area contributed by atoms with Crippen LogP contribution in [0.15, 0.2) is 24.3 Å². The lowest BCUT2D eigenvalue weighted by Gasteiger charge is -2.33. The second kappa shape index (κ2) is 7.55. The first-order chi connectivity index (χ1) is 10.8. The molecule has 0 N–H and O–H groups in total. The molecule has 1 unspecified atom stereocenters. The summed E-state index contributed by atoms with van der Waals surface area (Å²) in [6.07, 6.45) is 1.91. The Bertz CT molecular complexity index is 608. The summed E-state index contributed by atoms with van der Waals surface area (Å²) < 4.78 is 56.4. The van der Waals surface area contributed by atoms with Gasteiger partial charge in [-0.2, -0.15) is 25.8 Å². The van der Waals surface area contributed by atoms with Crippen molar-refractivity contribution >= 4 is 10.2 Å². The first-order valence-electron chi connectivity index (χ1n) is 7.54. The highest BCUT2D eigenvalue weighted by Crippen LogP contribution is 2.22. The van der Waals surface area contributed by atoms with Crippen LogP contribution in [-0.4, -0.2) is 43.8 Å². The molecule has 1 aromatic rings. The lowest BCUT2D eigenvalue weighted by molar-refractivity contribution is -0.0498. The molecule has 0 aromatic heterocycles. The molecule has 8 heteroatoms. The van der Waals surface area contributed by atoms with Crippen molar-refractivity contribution in [1.29, 1.82) is 0 Å². The van der Waals surface area contributed by atoms with E-state index >= 15 is 0 Å². The topological polar surface area (TPSA) is 49.9 Å². The summed E-state index contributed by atoms with van der Waals surface area (Å²) >= 11 is 0. The summed E-state index contributed by atoms with van der Waals surface area (Å²) in [5, 5.41) is 0. The molecule has 0 radical (unpaired) electrons. The first kappa shape index (κ1) is 18.1. The summed E-state index contributed by atoms with van der Waals surface area (Å²) in [4.78, 5) is 0. The van der Waals surface area contributed by atoms with Crippen LogP contribution in [0, 0.1) is 5.92 Å². The normalized spacial score (nSPS) is 20.2. The van der Waals surface area contributed by atoms with Crippen molar-refractivity contribution in [3.63, 3.8) is 0 Å². The molecule has 1 atom stereocenters. The van der Waals surface area contributed by atoms with Gasteiger partial charge in [0.15, 0.2) is 0 Å². The fraction of sp³-hybridized carbons (Fsp3) is 0.600. The summed E-state index contributed by atoms with van der Waals surface area (Å²) in [5.41, 5.74) is 0.711. The second-order valence-corrected chi connectivity index (χ2v) is 7.93. The van der Waals surface area contributed by atoms with Crippen LogP contribution in [0.1, 0.15) is 25.3 Å². The van der Waals surface area contributed by atoms with Gasteiger partial charge in [-0.3, -0.25) is 0 Å². The summed E-state index contributed by atoms with van der Waals surface area (Å²) in [6, 6.07) is 5.99. The first-order valence-corrected chi connectivity index (χ1v) is 8.94. The van der Waals surface area contributed by atoms with Gasteiger partial charge in [-0.25, -0.2) is 0 Å². The lowest BCUT2D eigenvalue weighted by Crippen LogP contribution is -2.45. The zero-order valence-corrected chi connectivity index (χ0v) is 14.1. The number of halogens is 2. The predicted molar refractivity (Wildman–Crippen MR) is 83.4 cm³/mol. The van der Waals surface area contributed by atoms with Gasteiger partial charge in [-0.05, 0) is 36.5 Å². The molecular formula is C15H22F2N2O3S. The highest BCUT2D eigenvalue weighted by molar-refractivity contribution is 7.86. The Morgan fingerprint density at radius 3 is 2.57 bits per heavy atom. The van der Waals surface area contributed by atoms with E-state index in [4.69, 9.17) is 0 Å². The van der Waals surface area contributed by atoms with Crippen molar-refractivity contribution in [2.75, 3.05) is 20.1 Å². The van der Waals surface area contributed by atoms with E-state index in [1.807, 2.05) is 6.92 Å². The van der Waals surface area contributed by atoms with Gasteiger partial charge >= 0.3 is 6.61 Å². The number of hydrogen-bond acceptors (Lipinski definition) is 3. The number of piperidine rings is 1. The third-order valence-electron chi connectivity index (χ3n) is 3.89. The number of nitrogens with zero attached hydrogens (tertiary/aromatic N) is 2. The van der Waals surface area contributed by atoms with Crippen molar-refractivity contribution in [3.8, 4) is 5.75 Å². The third-order valence-corrected chi connectivity index (χ3v) is 5.79. The maximum Gasteiger partial charge on any atom is 0.387 e. The van der Waals surface area contributed by atoms with Crippen LogP contribution in [0.25, 0.3) is 0 Å². The van der Waals surface area contributed by atoms with Crippen LogP contribution in [0.2, 0.25) is 0 Å². The molecule has 2 rings (SSSR count). The van der Waals surface area contributed by atoms with Crippen molar-refractivity contribution in [3.05, 3.63) is 29.8 Å². The van der Waals surface area contributed by atoms with Gasteiger partial charge < -0.3 is 4.74 Å². The van der Waals surface area contributed by atoms with E-state index in [0.717, 1.165) is 12.8 Å². The molecule has 0 amide bonds. The Kier molecular flexibility index (Phi) is 5.94. The minimum Gasteiger partial charge on any atom is -0.435 e. The molecule has 23 heavy (non-hydrogen) atoms. The standard InChI is InChI=1S/C15H22F2N2O3S/c1-12-4-3-9-19(10-12)23(20,21)18(2)11-13-5-7-14(8-6-13)22-15(16)17/h5-8,12,15H,3-4,9-11H2,1-2H3. The molecule has 1 aromatic carbocycles. The smallest absolute Gasteiger partial charge is 0.387 e. The van der Waals surface area contributed by atoms with Gasteiger partial charge in [0.2, 0.25) is 0 Å². The molecule has 0 bridgehead atoms. The van der Waals surface area contributed by atoms with Gasteiger partial charge in [-0.15, -0.1) is 0 Å². The second-order valence-electron chi connectivity index (χ2n) is 5.89. The maximum absolute atomic E-state index is 12.6. The Balaban J connectivity index is 2.01. The monoisotopic (exact) mass is 348 g/mol. The molecule has 1 heterocycles. The van der Waals surface area contributed by atoms with Crippen molar-refractivity contribution in [1.82, 2.24) is 8.61 Å². The summed E-state index contributed by atoms with van der Waals surface area (Å²) in [5.74, 6) is 0.414. The van der Waals surface area contributed by atoms with Crippen LogP contribution in [0.3, 0.4) is 0 Å². The third kappa shape index (κ3) is 4.86. The van der Waals surface area contributed by atoms with Crippen molar-refractivity contribution in [2.45, 2.75) is 32.9 Å². The van der Waals surface area contributed by atoms with Crippen LogP contribution >= 0.6 is 0 Å². The van der Waals surface area contributed by atoms with Gasteiger partial charge in [0.25, 0.3) is 10.2 Å². The summed E-state index contributed by atoms with van der Waals surface area (Å²) in [6.45, 7) is 0.433. The summed E-state index contributed by atoms with van der Waals surface area (Å²) in [7, 11) is -1.98. The Hall–Kier alpha value is -1.25. The fourth-order valence-corrected chi connectivity index (χ4v) is 4.18. The average Bonchev–Trinajstić information content (AvgIpc) is 2.48. The van der Waals surface area contributed by atoms with E-state index in [-0.39, 0.29) is 12.3 Å². The van der Waals surface area contributed by atoms with Crippen LogP contribution in [-0.2, 0) is 16.8 Å². The van der Waals surface area contributed by atoms with E-state index in [9.17, 15) is 17.2 Å². The molecule has 0 spiro atoms. The highest BCUT2D eigenvalue weighted by atomic mass is 32.2. The van der Waals surface area contributed by atoms with E-state index in [1.165, 1.54) is 27.8 Å². The van der Waals surface area contributed by atoms with Gasteiger partial charge in [0.05, 0.1) is 0 Å². The molecule has 0 aliphatic carbocycles. The van der Waals surface area contributed by atoms with E-state index in [1.54, 1.807) is 12.1 Å². The fourth-order valence-electron chi connectivity index (χ4n) is 2.67. The predicted octanol–water partition coefficient (Wildman–Crippen LogP) is 2.70. The molecule has 1 aliphatic rings. The molecule has 0 saturated carbocycles. The van der Waals surface area contributed by atoms with Crippen molar-refractivity contribution in [2.24, 2.45) is 5.92 Å². The zero-order valence-electron chi connectivity index (χ0n) is 13.3. The van der Waals surface area contributed by atoms with Crippen molar-refractivity contribution < 1.29 is 21.9 Å². The molecule has 5 nitrogen and oxygen atoms in total. The van der Waals surface area contributed by atoms with Crippen LogP contribution < -0.4 is 4.74 Å². The Labute approximate surface area is 136 Å². The number of alkyl halides is 2. The number of hydrogen-bond donors (Lipinski definition) is 0. The van der Waals surface area contributed by atoms with E-state index in [2.05, 4.69) is 4.74 Å². The van der Waals surface area contributed by atoms with E-state index in [0.29, 0.717) is 24.6 Å². The highest BCUT2D eigenvalue weighted by Gasteiger charge is 2.30. The molecule has 1 aliphatic heterocycles. The molecular weight excluding hydrogens is 326 g/mol. The SMILES string of the molecule is CC1CCCN(S(=O)(=O)N(C)Cc2ccc(OC(F)F)cc2)C1. The molecule has 1 fully saturated rings. The minimum absolute atomic E-state index is 0.0547. The average molecular weight is 348 g/mol. The minimum atomic E-state index is -3.51. The Morgan fingerprint density at radius 1 is 1.35 bits per heavy atom. The zero-order chi connectivity index (χ0) is 17.0. The van der Waals surface area contributed by atoms with Gasteiger partial charge in [0, 0.05) is 26.7 Å². The van der Waals surface area contributed by atoms with Gasteiger partial charge in [0.1, 0.15) is 5.75 Å². The van der Waals surface area contributed by atoms with Crippen LogP contribution in [0.4, 0.5) is 8.78 Å². The molecule has 130 valence electrons. The molecule has 1 saturated heterocycles. The lowest BCUT2D eigenvalue weighted by atomic mass is 10.0. The van der Waals surface area contributed by atoms with E-state index < -0.39 is 16.8 Å². The van der Waals surface area contributed by atoms with Gasteiger partial charge in [-0.1, -0.05) is 19.1 Å². The largest absolute Gasteiger partial charge is 0.435 e. The number of ether oxygens (including phenoxy) is 1. The maximum atomic E-state index is 12.6.